The van der Waals surface area contributed by atoms with Crippen LogP contribution in [0.15, 0.2) is 0 Å². The van der Waals surface area contributed by atoms with Crippen LogP contribution in [0.3, 0.4) is 0 Å². The van der Waals surface area contributed by atoms with Crippen molar-refractivity contribution in [2.75, 3.05) is 32.8 Å². The van der Waals surface area contributed by atoms with E-state index in [1.54, 1.807) is 0 Å². The summed E-state index contributed by atoms with van der Waals surface area (Å²) in [5.41, 5.74) is 0.617. The summed E-state index contributed by atoms with van der Waals surface area (Å²) in [4.78, 5) is 2.53. The lowest BCUT2D eigenvalue weighted by Crippen LogP contribution is -2.50. The fourth-order valence-electron chi connectivity index (χ4n) is 2.02. The number of hydrogen-bond donors (Lipinski definition) is 0. The second-order valence-electron chi connectivity index (χ2n) is 3.93. The maximum Gasteiger partial charge on any atom is 0.0545 e. The van der Waals surface area contributed by atoms with E-state index >= 15 is 0 Å². The van der Waals surface area contributed by atoms with Crippen LogP contribution in [-0.4, -0.2) is 37.7 Å². The number of nitrogens with zero attached hydrogens (tertiary/aromatic N) is 1. The molecule has 2 heterocycles. The average molecular weight is 185 g/mol. The van der Waals surface area contributed by atoms with E-state index in [2.05, 4.69) is 11.8 Å². The van der Waals surface area contributed by atoms with Gasteiger partial charge in [-0.05, 0) is 32.5 Å². The van der Waals surface area contributed by atoms with Crippen LogP contribution in [0.5, 0.6) is 0 Å². The summed E-state index contributed by atoms with van der Waals surface area (Å²) in [5.74, 6) is 0. The summed E-state index contributed by atoms with van der Waals surface area (Å²) < 4.78 is 5.27. The molecule has 0 aromatic carbocycles. The molecule has 0 atom stereocenters. The van der Waals surface area contributed by atoms with Crippen LogP contribution in [0.1, 0.15) is 33.6 Å². The molecule has 0 unspecified atom stereocenters. The van der Waals surface area contributed by atoms with Crippen LogP contribution < -0.4 is 0 Å². The van der Waals surface area contributed by atoms with E-state index in [1.165, 1.54) is 32.5 Å². The SMILES string of the molecule is CC.CCN1CCC2(CC1)COC2. The first-order valence-corrected chi connectivity index (χ1v) is 5.65. The lowest BCUT2D eigenvalue weighted by molar-refractivity contribution is -0.139. The lowest BCUT2D eigenvalue weighted by atomic mass is 9.77. The van der Waals surface area contributed by atoms with Crippen LogP contribution in [0.4, 0.5) is 0 Å². The Kier molecular flexibility index (Phi) is 4.20. The largest absolute Gasteiger partial charge is 0.380 e. The van der Waals surface area contributed by atoms with Crippen LogP contribution >= 0.6 is 0 Å². The molecule has 2 aliphatic heterocycles. The van der Waals surface area contributed by atoms with E-state index in [-0.39, 0.29) is 0 Å². The zero-order valence-corrected chi connectivity index (χ0v) is 9.31. The quantitative estimate of drug-likeness (QED) is 0.620. The molecular formula is C11H23NO. The molecule has 0 aliphatic carbocycles. The van der Waals surface area contributed by atoms with Crippen molar-refractivity contribution in [2.24, 2.45) is 5.41 Å². The molecule has 1 spiro atoms. The van der Waals surface area contributed by atoms with Crippen molar-refractivity contribution in [1.82, 2.24) is 4.90 Å². The van der Waals surface area contributed by atoms with Gasteiger partial charge in [0.25, 0.3) is 0 Å². The molecule has 0 aromatic rings. The van der Waals surface area contributed by atoms with Gasteiger partial charge < -0.3 is 9.64 Å². The number of likely N-dealkylation sites (tertiary alicyclic amines) is 1. The minimum atomic E-state index is 0.617. The zero-order chi connectivity index (χ0) is 9.73. The second-order valence-corrected chi connectivity index (χ2v) is 3.93. The van der Waals surface area contributed by atoms with E-state index in [9.17, 15) is 0 Å². The Morgan fingerprint density at radius 3 is 2.00 bits per heavy atom. The molecule has 2 nitrogen and oxygen atoms in total. The average Bonchev–Trinajstić information content (AvgIpc) is 2.19. The predicted molar refractivity (Wildman–Crippen MR) is 55.9 cm³/mol. The third-order valence-corrected chi connectivity index (χ3v) is 3.18. The van der Waals surface area contributed by atoms with Gasteiger partial charge in [0.15, 0.2) is 0 Å². The monoisotopic (exact) mass is 185 g/mol. The van der Waals surface area contributed by atoms with Crippen molar-refractivity contribution in [3.05, 3.63) is 0 Å². The van der Waals surface area contributed by atoms with E-state index in [1.807, 2.05) is 13.8 Å². The highest BCUT2D eigenvalue weighted by Gasteiger charge is 2.40. The summed E-state index contributed by atoms with van der Waals surface area (Å²) in [6.07, 6.45) is 2.72. The lowest BCUT2D eigenvalue weighted by Gasteiger charge is -2.47. The zero-order valence-electron chi connectivity index (χ0n) is 9.31. The Morgan fingerprint density at radius 2 is 1.69 bits per heavy atom. The summed E-state index contributed by atoms with van der Waals surface area (Å²) >= 11 is 0. The van der Waals surface area contributed by atoms with Crippen LogP contribution in [0.25, 0.3) is 0 Å². The van der Waals surface area contributed by atoms with E-state index < -0.39 is 0 Å². The van der Waals surface area contributed by atoms with Crippen LogP contribution in [0.2, 0.25) is 0 Å². The van der Waals surface area contributed by atoms with Crippen LogP contribution in [-0.2, 0) is 4.74 Å². The first-order valence-electron chi connectivity index (χ1n) is 5.65. The van der Waals surface area contributed by atoms with E-state index in [4.69, 9.17) is 4.74 Å². The maximum absolute atomic E-state index is 5.27. The topological polar surface area (TPSA) is 12.5 Å². The molecule has 2 fully saturated rings. The predicted octanol–water partition coefficient (Wildman–Crippen LogP) is 2.14. The maximum atomic E-state index is 5.27. The van der Waals surface area contributed by atoms with Gasteiger partial charge in [-0.15, -0.1) is 0 Å². The molecule has 0 saturated carbocycles. The molecule has 0 bridgehead atoms. The number of hydrogen-bond acceptors (Lipinski definition) is 2. The molecule has 78 valence electrons. The number of rotatable bonds is 1. The fraction of sp³-hybridized carbons (Fsp3) is 1.00. The summed E-state index contributed by atoms with van der Waals surface area (Å²) in [7, 11) is 0. The van der Waals surface area contributed by atoms with Crippen molar-refractivity contribution in [2.45, 2.75) is 33.6 Å². The van der Waals surface area contributed by atoms with Gasteiger partial charge >= 0.3 is 0 Å². The highest BCUT2D eigenvalue weighted by Crippen LogP contribution is 2.38. The molecule has 0 amide bonds. The first kappa shape index (κ1) is 11.0. The molecule has 13 heavy (non-hydrogen) atoms. The Labute approximate surface area is 82.3 Å². The minimum absolute atomic E-state index is 0.617. The highest BCUT2D eigenvalue weighted by molar-refractivity contribution is 4.90. The van der Waals surface area contributed by atoms with Crippen molar-refractivity contribution < 1.29 is 4.74 Å². The number of ether oxygens (including phenoxy) is 1. The van der Waals surface area contributed by atoms with Gasteiger partial charge in [-0.3, -0.25) is 0 Å². The third-order valence-electron chi connectivity index (χ3n) is 3.18. The Bertz CT molecular complexity index is 133. The standard InChI is InChI=1S/C9H17NO.C2H6/c1-2-10-5-3-9(4-6-10)7-11-8-9;1-2/h2-8H2,1H3;1-2H3. The molecule has 2 heteroatoms. The van der Waals surface area contributed by atoms with Gasteiger partial charge in [-0.2, -0.15) is 0 Å². The normalized spacial score (nSPS) is 26.1. The molecule has 0 radical (unpaired) electrons. The number of piperidine rings is 1. The summed E-state index contributed by atoms with van der Waals surface area (Å²) in [6, 6.07) is 0. The Morgan fingerprint density at radius 1 is 1.15 bits per heavy atom. The van der Waals surface area contributed by atoms with Gasteiger partial charge in [0.2, 0.25) is 0 Å². The Hall–Kier alpha value is -0.0800. The minimum Gasteiger partial charge on any atom is -0.380 e. The molecular weight excluding hydrogens is 162 g/mol. The van der Waals surface area contributed by atoms with Gasteiger partial charge in [0, 0.05) is 5.41 Å². The molecule has 0 N–H and O–H groups in total. The van der Waals surface area contributed by atoms with Gasteiger partial charge in [-0.1, -0.05) is 20.8 Å². The molecule has 2 saturated heterocycles. The highest BCUT2D eigenvalue weighted by atomic mass is 16.5. The van der Waals surface area contributed by atoms with Crippen molar-refractivity contribution in [3.8, 4) is 0 Å². The Balaban J connectivity index is 0.000000396. The molecule has 0 aromatic heterocycles. The van der Waals surface area contributed by atoms with Crippen molar-refractivity contribution in [3.63, 3.8) is 0 Å². The first-order chi connectivity index (χ1) is 6.35. The summed E-state index contributed by atoms with van der Waals surface area (Å²) in [6.45, 7) is 12.1. The fourth-order valence-corrected chi connectivity index (χ4v) is 2.02. The smallest absolute Gasteiger partial charge is 0.0545 e. The van der Waals surface area contributed by atoms with E-state index in [0.29, 0.717) is 5.41 Å². The molecule has 2 aliphatic rings. The molecule has 2 rings (SSSR count). The van der Waals surface area contributed by atoms with Crippen LogP contribution in [0, 0.1) is 5.41 Å². The van der Waals surface area contributed by atoms with E-state index in [0.717, 1.165) is 13.2 Å². The van der Waals surface area contributed by atoms with Crippen molar-refractivity contribution in [1.29, 1.82) is 0 Å². The summed E-state index contributed by atoms with van der Waals surface area (Å²) in [5, 5.41) is 0. The second kappa shape index (κ2) is 4.97. The van der Waals surface area contributed by atoms with Gasteiger partial charge in [0.1, 0.15) is 0 Å². The van der Waals surface area contributed by atoms with Gasteiger partial charge in [-0.25, -0.2) is 0 Å². The third kappa shape index (κ3) is 2.44. The van der Waals surface area contributed by atoms with Gasteiger partial charge in [0.05, 0.1) is 13.2 Å². The van der Waals surface area contributed by atoms with Crippen molar-refractivity contribution >= 4 is 0 Å².